The number of nitrogens with one attached hydrogen (secondary N) is 1. The lowest BCUT2D eigenvalue weighted by molar-refractivity contribution is 0.0884. The van der Waals surface area contributed by atoms with Crippen molar-refractivity contribution in [3.63, 3.8) is 0 Å². The van der Waals surface area contributed by atoms with Gasteiger partial charge >= 0.3 is 0 Å². The molecule has 1 amide bonds. The van der Waals surface area contributed by atoms with Crippen molar-refractivity contribution in [3.8, 4) is 0 Å². The van der Waals surface area contributed by atoms with Gasteiger partial charge in [-0.25, -0.2) is 0 Å². The van der Waals surface area contributed by atoms with Crippen LogP contribution in [0.2, 0.25) is 0 Å². The van der Waals surface area contributed by atoms with Crippen LogP contribution in [0.4, 0.5) is 0 Å². The van der Waals surface area contributed by atoms with Crippen LogP contribution in [0, 0.1) is 0 Å². The van der Waals surface area contributed by atoms with Gasteiger partial charge in [-0.05, 0) is 25.0 Å². The molecule has 1 aliphatic rings. The lowest BCUT2D eigenvalue weighted by atomic mass is 10.0. The second kappa shape index (κ2) is 5.84. The molecule has 2 heterocycles. The number of nitrogens with two attached hydrogens (primary N) is 1. The minimum Gasteiger partial charge on any atom is -0.459 e. The highest BCUT2D eigenvalue weighted by molar-refractivity contribution is 5.91. The van der Waals surface area contributed by atoms with Crippen LogP contribution in [-0.2, 0) is 0 Å². The van der Waals surface area contributed by atoms with Crippen LogP contribution in [0.3, 0.4) is 0 Å². The summed E-state index contributed by atoms with van der Waals surface area (Å²) in [6, 6.07) is 3.65. The van der Waals surface area contributed by atoms with Crippen LogP contribution in [-0.4, -0.2) is 43.0 Å². The maximum absolute atomic E-state index is 11.7. The van der Waals surface area contributed by atoms with Crippen molar-refractivity contribution >= 4 is 5.91 Å². The van der Waals surface area contributed by atoms with E-state index in [2.05, 4.69) is 10.2 Å². The average Bonchev–Trinajstić information content (AvgIpc) is 2.86. The predicted molar refractivity (Wildman–Crippen MR) is 64.7 cm³/mol. The third kappa shape index (κ3) is 3.31. The minimum absolute atomic E-state index is 0.118. The highest BCUT2D eigenvalue weighted by Crippen LogP contribution is 2.10. The monoisotopic (exact) mass is 237 g/mol. The molecule has 3 N–H and O–H groups in total. The van der Waals surface area contributed by atoms with Gasteiger partial charge in [-0.1, -0.05) is 0 Å². The highest BCUT2D eigenvalue weighted by Gasteiger charge is 2.21. The number of rotatable bonds is 4. The summed E-state index contributed by atoms with van der Waals surface area (Å²) < 4.78 is 5.06. The molecule has 1 aromatic rings. The lowest BCUT2D eigenvalue weighted by Crippen LogP contribution is -2.45. The summed E-state index contributed by atoms with van der Waals surface area (Å²) in [5.41, 5.74) is 5.52. The van der Waals surface area contributed by atoms with E-state index in [1.54, 1.807) is 12.1 Å². The Labute approximate surface area is 101 Å². The number of carbonyl (C=O) groups excluding carboxylic acids is 1. The number of amides is 1. The van der Waals surface area contributed by atoms with Gasteiger partial charge in [0, 0.05) is 32.2 Å². The maximum atomic E-state index is 11.7. The van der Waals surface area contributed by atoms with E-state index in [1.165, 1.54) is 6.26 Å². The van der Waals surface area contributed by atoms with Crippen molar-refractivity contribution in [2.75, 3.05) is 26.2 Å². The van der Waals surface area contributed by atoms with E-state index in [1.807, 2.05) is 0 Å². The third-order valence-electron chi connectivity index (χ3n) is 3.11. The van der Waals surface area contributed by atoms with Crippen LogP contribution in [0.1, 0.15) is 23.4 Å². The standard InChI is InChI=1S/C12H19N3O2/c13-5-8-15-6-3-10(4-7-15)14-12(16)11-2-1-9-17-11/h1-2,9-10H,3-8,13H2,(H,14,16). The van der Waals surface area contributed by atoms with Crippen LogP contribution < -0.4 is 11.1 Å². The molecule has 2 rings (SSSR count). The van der Waals surface area contributed by atoms with Crippen LogP contribution in [0.15, 0.2) is 22.8 Å². The van der Waals surface area contributed by atoms with E-state index in [4.69, 9.17) is 10.2 Å². The Hall–Kier alpha value is -1.33. The molecule has 0 atom stereocenters. The Bertz CT molecular complexity index is 343. The lowest BCUT2D eigenvalue weighted by Gasteiger charge is -2.31. The number of piperidine rings is 1. The zero-order valence-electron chi connectivity index (χ0n) is 9.89. The highest BCUT2D eigenvalue weighted by atomic mass is 16.3. The number of furan rings is 1. The summed E-state index contributed by atoms with van der Waals surface area (Å²) in [7, 11) is 0. The van der Waals surface area contributed by atoms with E-state index in [0.717, 1.165) is 32.5 Å². The molecular formula is C12H19N3O2. The summed E-state index contributed by atoms with van der Waals surface area (Å²) in [5.74, 6) is 0.265. The third-order valence-corrected chi connectivity index (χ3v) is 3.11. The van der Waals surface area contributed by atoms with Crippen molar-refractivity contribution in [1.82, 2.24) is 10.2 Å². The maximum Gasteiger partial charge on any atom is 0.287 e. The minimum atomic E-state index is -0.118. The normalized spacial score (nSPS) is 18.2. The van der Waals surface area contributed by atoms with Gasteiger partial charge in [-0.2, -0.15) is 0 Å². The first-order valence-corrected chi connectivity index (χ1v) is 6.06. The van der Waals surface area contributed by atoms with Gasteiger partial charge < -0.3 is 20.4 Å². The second-order valence-corrected chi connectivity index (χ2v) is 4.36. The van der Waals surface area contributed by atoms with Gasteiger partial charge in [0.15, 0.2) is 5.76 Å². The molecule has 0 radical (unpaired) electrons. The number of nitrogens with zero attached hydrogens (tertiary/aromatic N) is 1. The average molecular weight is 237 g/mol. The molecule has 5 nitrogen and oxygen atoms in total. The fourth-order valence-electron chi connectivity index (χ4n) is 2.15. The number of hydrogen-bond donors (Lipinski definition) is 2. The van der Waals surface area contributed by atoms with Gasteiger partial charge in [-0.15, -0.1) is 0 Å². The Morgan fingerprint density at radius 3 is 2.88 bits per heavy atom. The molecule has 0 aliphatic carbocycles. The second-order valence-electron chi connectivity index (χ2n) is 4.36. The topological polar surface area (TPSA) is 71.5 Å². The molecule has 0 aromatic carbocycles. The van der Waals surface area contributed by atoms with Crippen molar-refractivity contribution in [2.24, 2.45) is 5.73 Å². The fourth-order valence-corrected chi connectivity index (χ4v) is 2.15. The van der Waals surface area contributed by atoms with E-state index in [0.29, 0.717) is 12.3 Å². The predicted octanol–water partition coefficient (Wildman–Crippen LogP) is 0.433. The first kappa shape index (κ1) is 12.1. The Morgan fingerprint density at radius 1 is 1.53 bits per heavy atom. The van der Waals surface area contributed by atoms with E-state index in [-0.39, 0.29) is 11.9 Å². The molecule has 94 valence electrons. The molecule has 17 heavy (non-hydrogen) atoms. The van der Waals surface area contributed by atoms with Gasteiger partial charge in [0.05, 0.1) is 6.26 Å². The summed E-state index contributed by atoms with van der Waals surface area (Å²) in [5, 5.41) is 2.99. The Balaban J connectivity index is 1.76. The van der Waals surface area contributed by atoms with Gasteiger partial charge in [0.2, 0.25) is 0 Å². The van der Waals surface area contributed by atoms with Gasteiger partial charge in [-0.3, -0.25) is 4.79 Å². The molecule has 1 aromatic heterocycles. The van der Waals surface area contributed by atoms with Crippen LogP contribution in [0.5, 0.6) is 0 Å². The first-order chi connectivity index (χ1) is 8.29. The molecule has 1 saturated heterocycles. The fraction of sp³-hybridized carbons (Fsp3) is 0.583. The smallest absolute Gasteiger partial charge is 0.287 e. The summed E-state index contributed by atoms with van der Waals surface area (Å²) >= 11 is 0. The molecule has 1 aliphatic heterocycles. The van der Waals surface area contributed by atoms with Crippen LogP contribution >= 0.6 is 0 Å². The van der Waals surface area contributed by atoms with Crippen molar-refractivity contribution < 1.29 is 9.21 Å². The van der Waals surface area contributed by atoms with E-state index >= 15 is 0 Å². The molecule has 0 saturated carbocycles. The van der Waals surface area contributed by atoms with Gasteiger partial charge in [0.25, 0.3) is 5.91 Å². The zero-order chi connectivity index (χ0) is 12.1. The molecule has 5 heteroatoms. The Kier molecular flexibility index (Phi) is 4.17. The largest absolute Gasteiger partial charge is 0.459 e. The number of hydrogen-bond acceptors (Lipinski definition) is 4. The molecule has 1 fully saturated rings. The molecule has 0 bridgehead atoms. The zero-order valence-corrected chi connectivity index (χ0v) is 9.89. The molecule has 0 spiro atoms. The van der Waals surface area contributed by atoms with Crippen LogP contribution in [0.25, 0.3) is 0 Å². The van der Waals surface area contributed by atoms with Gasteiger partial charge in [0.1, 0.15) is 0 Å². The van der Waals surface area contributed by atoms with Crippen molar-refractivity contribution in [3.05, 3.63) is 24.2 Å². The van der Waals surface area contributed by atoms with Crippen molar-refractivity contribution in [1.29, 1.82) is 0 Å². The quantitative estimate of drug-likeness (QED) is 0.796. The van der Waals surface area contributed by atoms with E-state index in [9.17, 15) is 4.79 Å². The summed E-state index contributed by atoms with van der Waals surface area (Å²) in [6.45, 7) is 3.64. The molecule has 0 unspecified atom stereocenters. The SMILES string of the molecule is NCCN1CCC(NC(=O)c2ccco2)CC1. The van der Waals surface area contributed by atoms with Crippen molar-refractivity contribution in [2.45, 2.75) is 18.9 Å². The first-order valence-electron chi connectivity index (χ1n) is 6.06. The Morgan fingerprint density at radius 2 is 2.29 bits per heavy atom. The van der Waals surface area contributed by atoms with E-state index < -0.39 is 0 Å². The molecular weight excluding hydrogens is 218 g/mol. The number of carbonyl (C=O) groups is 1. The number of likely N-dealkylation sites (tertiary alicyclic amines) is 1. The summed E-state index contributed by atoms with van der Waals surface area (Å²) in [6.07, 6.45) is 3.47. The summed E-state index contributed by atoms with van der Waals surface area (Å²) in [4.78, 5) is 14.1.